The SMILES string of the molecule is COCCNCc1nnc(NCCOCC2CC2)o1. The van der Waals surface area contributed by atoms with Gasteiger partial charge in [0, 0.05) is 26.8 Å². The van der Waals surface area contributed by atoms with E-state index in [1.54, 1.807) is 7.11 Å². The molecule has 0 spiro atoms. The van der Waals surface area contributed by atoms with Gasteiger partial charge in [0.2, 0.25) is 5.89 Å². The van der Waals surface area contributed by atoms with Gasteiger partial charge in [-0.05, 0) is 18.8 Å². The second-order valence-corrected chi connectivity index (χ2v) is 4.62. The maximum absolute atomic E-state index is 5.50. The minimum Gasteiger partial charge on any atom is -0.407 e. The first-order chi connectivity index (χ1) is 9.38. The van der Waals surface area contributed by atoms with Crippen LogP contribution < -0.4 is 10.6 Å². The van der Waals surface area contributed by atoms with Crippen LogP contribution in [0.1, 0.15) is 18.7 Å². The number of nitrogens with one attached hydrogen (secondary N) is 2. The van der Waals surface area contributed by atoms with Crippen LogP contribution in [0, 0.1) is 5.92 Å². The second-order valence-electron chi connectivity index (χ2n) is 4.62. The molecule has 0 bridgehead atoms. The molecular formula is C12H22N4O3. The van der Waals surface area contributed by atoms with Crippen LogP contribution in [0.3, 0.4) is 0 Å². The number of hydrogen-bond acceptors (Lipinski definition) is 7. The lowest BCUT2D eigenvalue weighted by molar-refractivity contribution is 0.133. The van der Waals surface area contributed by atoms with Crippen LogP contribution in [0.5, 0.6) is 0 Å². The van der Waals surface area contributed by atoms with E-state index in [9.17, 15) is 0 Å². The molecule has 19 heavy (non-hydrogen) atoms. The normalized spacial score (nSPS) is 14.8. The molecule has 1 aromatic rings. The number of rotatable bonds is 11. The Bertz CT molecular complexity index is 354. The van der Waals surface area contributed by atoms with Crippen molar-refractivity contribution in [2.75, 3.05) is 45.3 Å². The molecule has 1 aliphatic rings. The van der Waals surface area contributed by atoms with Crippen molar-refractivity contribution in [3.05, 3.63) is 5.89 Å². The third-order valence-electron chi connectivity index (χ3n) is 2.80. The molecule has 0 saturated heterocycles. The Balaban J connectivity index is 1.52. The summed E-state index contributed by atoms with van der Waals surface area (Å²) in [7, 11) is 1.67. The Kier molecular flexibility index (Phi) is 6.06. The number of nitrogens with zero attached hydrogens (tertiary/aromatic N) is 2. The summed E-state index contributed by atoms with van der Waals surface area (Å²) in [5, 5.41) is 14.0. The number of ether oxygens (including phenoxy) is 2. The van der Waals surface area contributed by atoms with Crippen LogP contribution in [0.15, 0.2) is 4.42 Å². The van der Waals surface area contributed by atoms with Gasteiger partial charge >= 0.3 is 6.01 Å². The predicted molar refractivity (Wildman–Crippen MR) is 69.9 cm³/mol. The average molecular weight is 270 g/mol. The smallest absolute Gasteiger partial charge is 0.315 e. The van der Waals surface area contributed by atoms with E-state index in [1.165, 1.54) is 12.8 Å². The highest BCUT2D eigenvalue weighted by Gasteiger charge is 2.20. The van der Waals surface area contributed by atoms with Gasteiger partial charge < -0.3 is 24.5 Å². The fourth-order valence-electron chi connectivity index (χ4n) is 1.53. The summed E-state index contributed by atoms with van der Waals surface area (Å²) in [6, 6.07) is 0.443. The van der Waals surface area contributed by atoms with Gasteiger partial charge in [-0.25, -0.2) is 0 Å². The lowest BCUT2D eigenvalue weighted by atomic mass is 10.5. The van der Waals surface area contributed by atoms with E-state index in [-0.39, 0.29) is 0 Å². The van der Waals surface area contributed by atoms with Gasteiger partial charge in [0.1, 0.15) is 0 Å². The first-order valence-electron chi connectivity index (χ1n) is 6.72. The topological polar surface area (TPSA) is 81.4 Å². The van der Waals surface area contributed by atoms with E-state index >= 15 is 0 Å². The molecule has 1 fully saturated rings. The van der Waals surface area contributed by atoms with E-state index in [0.717, 1.165) is 19.1 Å². The Hall–Kier alpha value is -1.18. The van der Waals surface area contributed by atoms with Crippen molar-refractivity contribution in [1.82, 2.24) is 15.5 Å². The van der Waals surface area contributed by atoms with Gasteiger partial charge in [-0.1, -0.05) is 5.10 Å². The van der Waals surface area contributed by atoms with E-state index in [2.05, 4.69) is 20.8 Å². The molecule has 0 aromatic carbocycles. The Morgan fingerprint density at radius 2 is 2.16 bits per heavy atom. The fourth-order valence-corrected chi connectivity index (χ4v) is 1.53. The largest absolute Gasteiger partial charge is 0.407 e. The average Bonchev–Trinajstić information content (AvgIpc) is 3.13. The first kappa shape index (κ1) is 14.2. The van der Waals surface area contributed by atoms with Gasteiger partial charge in [-0.3, -0.25) is 0 Å². The van der Waals surface area contributed by atoms with Crippen LogP contribution >= 0.6 is 0 Å². The van der Waals surface area contributed by atoms with Crippen LogP contribution in [-0.4, -0.2) is 50.2 Å². The molecule has 7 nitrogen and oxygen atoms in total. The van der Waals surface area contributed by atoms with Crippen molar-refractivity contribution in [3.8, 4) is 0 Å². The van der Waals surface area contributed by atoms with Crippen molar-refractivity contribution in [1.29, 1.82) is 0 Å². The highest BCUT2D eigenvalue weighted by atomic mass is 16.5. The minimum atomic E-state index is 0.443. The summed E-state index contributed by atoms with van der Waals surface area (Å²) in [6.07, 6.45) is 2.63. The number of anilines is 1. The molecule has 7 heteroatoms. The van der Waals surface area contributed by atoms with Crippen molar-refractivity contribution in [2.45, 2.75) is 19.4 Å². The second kappa shape index (κ2) is 8.08. The summed E-state index contributed by atoms with van der Waals surface area (Å²) >= 11 is 0. The molecule has 0 unspecified atom stereocenters. The maximum atomic E-state index is 5.50. The zero-order valence-corrected chi connectivity index (χ0v) is 11.4. The lowest BCUT2D eigenvalue weighted by Crippen LogP contribution is -2.18. The fraction of sp³-hybridized carbons (Fsp3) is 0.833. The van der Waals surface area contributed by atoms with E-state index < -0.39 is 0 Å². The maximum Gasteiger partial charge on any atom is 0.315 e. The van der Waals surface area contributed by atoms with Crippen LogP contribution in [0.25, 0.3) is 0 Å². The summed E-state index contributed by atoms with van der Waals surface area (Å²) in [5.41, 5.74) is 0. The molecule has 1 heterocycles. The lowest BCUT2D eigenvalue weighted by Gasteiger charge is -2.02. The molecule has 2 N–H and O–H groups in total. The number of methoxy groups -OCH3 is 1. The molecule has 1 aliphatic carbocycles. The summed E-state index contributed by atoms with van der Waals surface area (Å²) < 4.78 is 15.8. The molecular weight excluding hydrogens is 248 g/mol. The zero-order chi connectivity index (χ0) is 13.3. The van der Waals surface area contributed by atoms with Gasteiger partial charge in [0.25, 0.3) is 0 Å². The minimum absolute atomic E-state index is 0.443. The Morgan fingerprint density at radius 1 is 1.26 bits per heavy atom. The number of aromatic nitrogens is 2. The van der Waals surface area contributed by atoms with E-state index in [1.807, 2.05) is 0 Å². The first-order valence-corrected chi connectivity index (χ1v) is 6.72. The highest BCUT2D eigenvalue weighted by molar-refractivity contribution is 5.16. The third kappa shape index (κ3) is 6.00. The highest BCUT2D eigenvalue weighted by Crippen LogP contribution is 2.28. The molecule has 0 aliphatic heterocycles. The van der Waals surface area contributed by atoms with Crippen LogP contribution in [0.2, 0.25) is 0 Å². The quantitative estimate of drug-likeness (QED) is 0.571. The van der Waals surface area contributed by atoms with E-state index in [4.69, 9.17) is 13.9 Å². The van der Waals surface area contributed by atoms with Crippen molar-refractivity contribution in [2.24, 2.45) is 5.92 Å². The van der Waals surface area contributed by atoms with Gasteiger partial charge in [-0.15, -0.1) is 5.10 Å². The van der Waals surface area contributed by atoms with E-state index in [0.29, 0.717) is 38.2 Å². The van der Waals surface area contributed by atoms with Crippen LogP contribution in [-0.2, 0) is 16.0 Å². The molecule has 0 amide bonds. The van der Waals surface area contributed by atoms with Crippen molar-refractivity contribution in [3.63, 3.8) is 0 Å². The van der Waals surface area contributed by atoms with Gasteiger partial charge in [-0.2, -0.15) is 0 Å². The summed E-state index contributed by atoms with van der Waals surface area (Å²) in [4.78, 5) is 0. The molecule has 2 rings (SSSR count). The Labute approximate surface area is 113 Å². The summed E-state index contributed by atoms with van der Waals surface area (Å²) in [5.74, 6) is 1.37. The zero-order valence-electron chi connectivity index (χ0n) is 11.4. The molecule has 1 aromatic heterocycles. The molecule has 0 atom stereocenters. The third-order valence-corrected chi connectivity index (χ3v) is 2.80. The number of hydrogen-bond donors (Lipinski definition) is 2. The van der Waals surface area contributed by atoms with Gasteiger partial charge in [0.15, 0.2) is 0 Å². The molecule has 108 valence electrons. The predicted octanol–water partition coefficient (Wildman–Crippen LogP) is 0.644. The molecule has 1 saturated carbocycles. The Morgan fingerprint density at radius 3 is 2.95 bits per heavy atom. The standard InChI is InChI=1S/C12H22N4O3/c1-17-6-4-13-8-11-15-16-12(19-11)14-5-7-18-9-10-2-3-10/h10,13H,2-9H2,1H3,(H,14,16). The molecule has 0 radical (unpaired) electrons. The van der Waals surface area contributed by atoms with Gasteiger partial charge in [0.05, 0.1) is 19.8 Å². The van der Waals surface area contributed by atoms with Crippen LogP contribution in [0.4, 0.5) is 6.01 Å². The van der Waals surface area contributed by atoms with Crippen molar-refractivity contribution < 1.29 is 13.9 Å². The summed E-state index contributed by atoms with van der Waals surface area (Å²) in [6.45, 7) is 4.20. The monoisotopic (exact) mass is 270 g/mol. The van der Waals surface area contributed by atoms with Crippen molar-refractivity contribution >= 4 is 6.01 Å².